The topological polar surface area (TPSA) is 73.5 Å². The van der Waals surface area contributed by atoms with Crippen LogP contribution in [0.1, 0.15) is 82.0 Å². The van der Waals surface area contributed by atoms with E-state index in [0.717, 1.165) is 38.5 Å². The van der Waals surface area contributed by atoms with Gasteiger partial charge in [-0.3, -0.25) is 4.79 Å². The van der Waals surface area contributed by atoms with E-state index in [0.29, 0.717) is 48.7 Å². The number of hydrogen-bond donors (Lipinski definition) is 3. The van der Waals surface area contributed by atoms with Gasteiger partial charge in [-0.25, -0.2) is 4.39 Å². The molecule has 2 fully saturated rings. The summed E-state index contributed by atoms with van der Waals surface area (Å²) in [6, 6.07) is 3.79. The number of nitrogens with one attached hydrogen (secondary N) is 3. The van der Waals surface area contributed by atoms with Crippen molar-refractivity contribution in [2.24, 2.45) is 5.92 Å². The number of nitrogens with zero attached hydrogens (tertiary/aromatic N) is 1. The van der Waals surface area contributed by atoms with E-state index in [1.807, 2.05) is 13.8 Å². The van der Waals surface area contributed by atoms with Crippen LogP contribution in [-0.2, 0) is 4.79 Å². The summed E-state index contributed by atoms with van der Waals surface area (Å²) in [4.78, 5) is 26.1. The van der Waals surface area contributed by atoms with Crippen molar-refractivity contribution in [1.82, 2.24) is 10.2 Å². The molecule has 0 heterocycles. The molecule has 1 aromatic rings. The van der Waals surface area contributed by atoms with Crippen molar-refractivity contribution < 1.29 is 14.0 Å². The Kier molecular flexibility index (Phi) is 9.97. The molecule has 0 aromatic heterocycles. The van der Waals surface area contributed by atoms with Gasteiger partial charge in [0.25, 0.3) is 5.91 Å². The molecule has 33 heavy (non-hydrogen) atoms. The van der Waals surface area contributed by atoms with Crippen molar-refractivity contribution in [3.8, 4) is 0 Å². The Morgan fingerprint density at radius 2 is 1.67 bits per heavy atom. The predicted octanol–water partition coefficient (Wildman–Crippen LogP) is 4.81. The molecule has 7 heteroatoms. The van der Waals surface area contributed by atoms with Gasteiger partial charge in [-0.2, -0.15) is 0 Å². The van der Waals surface area contributed by atoms with Crippen LogP contribution in [0.25, 0.3) is 0 Å². The second kappa shape index (κ2) is 12.9. The molecular formula is C26H41FN4O2. The molecule has 0 spiro atoms. The van der Waals surface area contributed by atoms with Gasteiger partial charge in [0.05, 0.1) is 11.3 Å². The minimum atomic E-state index is -0.377. The van der Waals surface area contributed by atoms with E-state index in [-0.39, 0.29) is 17.6 Å². The highest BCUT2D eigenvalue weighted by atomic mass is 19.1. The minimum Gasteiger partial charge on any atom is -0.382 e. The van der Waals surface area contributed by atoms with Crippen LogP contribution in [0.3, 0.4) is 0 Å². The first-order chi connectivity index (χ1) is 16.0. The third-order valence-corrected chi connectivity index (χ3v) is 6.97. The van der Waals surface area contributed by atoms with Gasteiger partial charge in [0.2, 0.25) is 0 Å². The largest absolute Gasteiger partial charge is 0.382 e. The van der Waals surface area contributed by atoms with Gasteiger partial charge in [0.15, 0.2) is 0 Å². The number of aldehydes is 1. The van der Waals surface area contributed by atoms with E-state index in [2.05, 4.69) is 20.9 Å². The van der Waals surface area contributed by atoms with Crippen LogP contribution < -0.4 is 16.0 Å². The third-order valence-electron chi connectivity index (χ3n) is 6.97. The molecule has 3 rings (SSSR count). The second-order valence-corrected chi connectivity index (χ2v) is 9.75. The average Bonchev–Trinajstić information content (AvgIpc) is 3.33. The summed E-state index contributed by atoms with van der Waals surface area (Å²) < 4.78 is 15.0. The Bertz CT molecular complexity index is 776. The highest BCUT2D eigenvalue weighted by molar-refractivity contribution is 6.00. The first kappa shape index (κ1) is 25.5. The van der Waals surface area contributed by atoms with Crippen LogP contribution in [0.15, 0.2) is 12.1 Å². The summed E-state index contributed by atoms with van der Waals surface area (Å²) in [6.45, 7) is 6.50. The van der Waals surface area contributed by atoms with Crippen LogP contribution in [0.2, 0.25) is 0 Å². The quantitative estimate of drug-likeness (QED) is 0.390. The molecule has 2 aliphatic rings. The fraction of sp³-hybridized carbons (Fsp3) is 0.692. The Morgan fingerprint density at radius 1 is 1.06 bits per heavy atom. The molecule has 2 saturated carbocycles. The molecule has 184 valence electrons. The van der Waals surface area contributed by atoms with Crippen molar-refractivity contribution >= 4 is 23.6 Å². The van der Waals surface area contributed by atoms with Crippen LogP contribution in [0, 0.1) is 11.7 Å². The van der Waals surface area contributed by atoms with Crippen molar-refractivity contribution in [1.29, 1.82) is 0 Å². The van der Waals surface area contributed by atoms with E-state index in [1.165, 1.54) is 38.2 Å². The van der Waals surface area contributed by atoms with E-state index >= 15 is 4.39 Å². The monoisotopic (exact) mass is 460 g/mol. The number of carbonyl (C=O) groups is 2. The number of halogens is 1. The van der Waals surface area contributed by atoms with Crippen molar-refractivity contribution in [3.63, 3.8) is 0 Å². The molecule has 0 saturated heterocycles. The van der Waals surface area contributed by atoms with Crippen molar-refractivity contribution in [3.05, 3.63) is 23.5 Å². The fourth-order valence-corrected chi connectivity index (χ4v) is 5.00. The van der Waals surface area contributed by atoms with E-state index < -0.39 is 0 Å². The minimum absolute atomic E-state index is 0.0406. The van der Waals surface area contributed by atoms with Gasteiger partial charge in [-0.1, -0.05) is 46.0 Å². The number of amides is 1. The summed E-state index contributed by atoms with van der Waals surface area (Å²) in [7, 11) is 0. The molecule has 2 aliphatic carbocycles. The normalized spacial score (nSPS) is 18.3. The molecule has 3 N–H and O–H groups in total. The van der Waals surface area contributed by atoms with Gasteiger partial charge < -0.3 is 25.6 Å². The van der Waals surface area contributed by atoms with E-state index in [4.69, 9.17) is 0 Å². The molecule has 1 atom stereocenters. The van der Waals surface area contributed by atoms with Crippen LogP contribution in [-0.4, -0.2) is 55.4 Å². The number of benzene rings is 1. The SMILES string of the molecule is CCN(CCNC(=O)c1cc(F)c(NC2CCCCC2)cc1NC1CCCC1)CC(C)C=O. The first-order valence-corrected chi connectivity index (χ1v) is 12.8. The number of carbonyl (C=O) groups excluding carboxylic acids is 2. The van der Waals surface area contributed by atoms with Crippen LogP contribution >= 0.6 is 0 Å². The zero-order valence-electron chi connectivity index (χ0n) is 20.3. The molecule has 1 amide bonds. The summed E-state index contributed by atoms with van der Waals surface area (Å²) in [6.07, 6.45) is 11.2. The summed E-state index contributed by atoms with van der Waals surface area (Å²) in [5.74, 6) is -0.683. The highest BCUT2D eigenvalue weighted by Crippen LogP contribution is 2.31. The maximum absolute atomic E-state index is 15.0. The lowest BCUT2D eigenvalue weighted by Crippen LogP contribution is -2.37. The smallest absolute Gasteiger partial charge is 0.253 e. The number of likely N-dealkylation sites (N-methyl/N-ethyl adjacent to an activating group) is 1. The molecule has 0 bridgehead atoms. The molecule has 1 aromatic carbocycles. The van der Waals surface area contributed by atoms with Gasteiger partial charge in [0, 0.05) is 43.3 Å². The molecule has 1 unspecified atom stereocenters. The number of anilines is 2. The zero-order valence-corrected chi connectivity index (χ0v) is 20.3. The first-order valence-electron chi connectivity index (χ1n) is 12.8. The third kappa shape index (κ3) is 7.70. The van der Waals surface area contributed by atoms with Crippen LogP contribution in [0.4, 0.5) is 15.8 Å². The maximum atomic E-state index is 15.0. The second-order valence-electron chi connectivity index (χ2n) is 9.75. The van der Waals surface area contributed by atoms with Gasteiger partial charge >= 0.3 is 0 Å². The lowest BCUT2D eigenvalue weighted by atomic mass is 9.95. The zero-order chi connectivity index (χ0) is 23.6. The lowest BCUT2D eigenvalue weighted by molar-refractivity contribution is -0.111. The van der Waals surface area contributed by atoms with Crippen molar-refractivity contribution in [2.75, 3.05) is 36.8 Å². The molecule has 6 nitrogen and oxygen atoms in total. The van der Waals surface area contributed by atoms with E-state index in [9.17, 15) is 9.59 Å². The molecule has 0 radical (unpaired) electrons. The van der Waals surface area contributed by atoms with Gasteiger partial charge in [0.1, 0.15) is 12.1 Å². The Labute approximate surface area is 198 Å². The Morgan fingerprint density at radius 3 is 2.27 bits per heavy atom. The van der Waals surface area contributed by atoms with Gasteiger partial charge in [-0.15, -0.1) is 0 Å². The highest BCUT2D eigenvalue weighted by Gasteiger charge is 2.22. The van der Waals surface area contributed by atoms with Crippen LogP contribution in [0.5, 0.6) is 0 Å². The van der Waals surface area contributed by atoms with Crippen molar-refractivity contribution in [2.45, 2.75) is 83.7 Å². The Balaban J connectivity index is 1.69. The summed E-state index contributed by atoms with van der Waals surface area (Å²) in [5, 5.41) is 9.86. The average molecular weight is 461 g/mol. The maximum Gasteiger partial charge on any atom is 0.253 e. The summed E-state index contributed by atoms with van der Waals surface area (Å²) in [5.41, 5.74) is 1.55. The van der Waals surface area contributed by atoms with E-state index in [1.54, 1.807) is 6.07 Å². The number of rotatable bonds is 12. The summed E-state index contributed by atoms with van der Waals surface area (Å²) >= 11 is 0. The lowest BCUT2D eigenvalue weighted by Gasteiger charge is -2.25. The Hall–Kier alpha value is -2.15. The standard InChI is InChI=1S/C26H41FN4O2/c1-3-31(17-19(2)18-32)14-13-28-26(33)22-15-23(27)25(30-21-9-5-4-6-10-21)16-24(22)29-20-11-7-8-12-20/h15-16,18-21,29-30H,3-14,17H2,1-2H3,(H,28,33). The van der Waals surface area contributed by atoms with Gasteiger partial charge in [-0.05, 0) is 44.4 Å². The predicted molar refractivity (Wildman–Crippen MR) is 132 cm³/mol. The molecule has 0 aliphatic heterocycles. The number of hydrogen-bond acceptors (Lipinski definition) is 5. The fourth-order valence-electron chi connectivity index (χ4n) is 5.00. The molecular weight excluding hydrogens is 419 g/mol.